The molecule has 0 aromatic heterocycles. The number of benzene rings is 1. The van der Waals surface area contributed by atoms with Crippen LogP contribution in [-0.4, -0.2) is 117 Å². The van der Waals surface area contributed by atoms with Crippen LogP contribution in [0.15, 0.2) is 24.3 Å². The van der Waals surface area contributed by atoms with Crippen molar-refractivity contribution in [3.05, 3.63) is 35.4 Å². The molecule has 0 aliphatic rings. The van der Waals surface area contributed by atoms with Crippen molar-refractivity contribution >= 4 is 44.5 Å². The predicted molar refractivity (Wildman–Crippen MR) is 153 cm³/mol. The van der Waals surface area contributed by atoms with Crippen molar-refractivity contribution in [2.24, 2.45) is 0 Å². The smallest absolute Gasteiger partial charge is 0.460 e. The van der Waals surface area contributed by atoms with Crippen LogP contribution in [0.2, 0.25) is 0 Å². The van der Waals surface area contributed by atoms with Crippen LogP contribution in [0.1, 0.15) is 22.8 Å². The Bertz CT molecular complexity index is 1620. The zero-order chi connectivity index (χ0) is 40.7. The minimum absolute atomic E-state index is 0.0192. The largest absolute Gasteiger partial charge is 0.461 e. The molecule has 0 aliphatic heterocycles. The van der Waals surface area contributed by atoms with E-state index in [0.29, 0.717) is 14.0 Å². The lowest BCUT2D eigenvalue weighted by Gasteiger charge is -2.39. The van der Waals surface area contributed by atoms with E-state index in [9.17, 15) is 87.5 Å². The number of carbonyl (C=O) groups excluding carboxylic acids is 1. The van der Waals surface area contributed by atoms with Gasteiger partial charge in [-0.2, -0.15) is 74.5 Å². The molecule has 0 N–H and O–H groups in total. The van der Waals surface area contributed by atoms with Crippen LogP contribution in [0.5, 0.6) is 0 Å². The Morgan fingerprint density at radius 1 is 0.686 bits per heavy atom. The number of ether oxygens (including phenoxy) is 2. The van der Waals surface area contributed by atoms with E-state index in [0.717, 1.165) is 36.7 Å². The van der Waals surface area contributed by atoms with Gasteiger partial charge >= 0.3 is 46.3 Å². The molecule has 28 heteroatoms. The van der Waals surface area contributed by atoms with E-state index in [-0.39, 0.29) is 12.6 Å². The molecule has 9 nitrogen and oxygen atoms in total. The SMILES string of the molecule is CN(CCOCc1cccc(C(=O)OCCN(C)S(=O)(=O)C(F)(F)C(F)(F)C(F)(F)C(C)(P)P)c1)S(=O)(=O)C(F)(F)C(F)(F)C(F)(F)C(F)(F)F. The van der Waals surface area contributed by atoms with Gasteiger partial charge in [-0.1, -0.05) is 12.1 Å². The second-order valence-electron chi connectivity index (χ2n) is 10.7. The van der Waals surface area contributed by atoms with Gasteiger partial charge in [-0.25, -0.2) is 21.6 Å². The molecule has 0 heterocycles. The third kappa shape index (κ3) is 8.66. The first-order chi connectivity index (χ1) is 22.4. The molecule has 2 atom stereocenters. The van der Waals surface area contributed by atoms with E-state index >= 15 is 0 Å². The summed E-state index contributed by atoms with van der Waals surface area (Å²) in [6, 6.07) is 4.31. The number of sulfonamides is 2. The predicted octanol–water partition coefficient (Wildman–Crippen LogP) is 5.64. The van der Waals surface area contributed by atoms with Gasteiger partial charge < -0.3 is 9.47 Å². The molecule has 0 fully saturated rings. The number of carbonyl (C=O) groups is 1. The molecule has 0 aliphatic carbocycles. The fraction of sp³-hybridized carbons (Fsp3) is 0.696. The average molecular weight is 855 g/mol. The lowest BCUT2D eigenvalue weighted by molar-refractivity contribution is -0.382. The van der Waals surface area contributed by atoms with E-state index in [1.807, 2.05) is 0 Å². The summed E-state index contributed by atoms with van der Waals surface area (Å²) in [4.78, 5) is 9.35. The lowest BCUT2D eigenvalue weighted by Crippen LogP contribution is -2.65. The number of hydrogen-bond acceptors (Lipinski definition) is 7. The quantitative estimate of drug-likeness (QED) is 0.0815. The summed E-state index contributed by atoms with van der Waals surface area (Å²) in [5, 5.41) is -13.3. The molecule has 2 unspecified atom stereocenters. The number of halogens is 15. The summed E-state index contributed by atoms with van der Waals surface area (Å²) in [5.74, 6) is -28.3. The van der Waals surface area contributed by atoms with Gasteiger partial charge in [-0.05, 0) is 24.6 Å². The van der Waals surface area contributed by atoms with Crippen molar-refractivity contribution in [3.63, 3.8) is 0 Å². The normalized spacial score (nSPS) is 15.1. The van der Waals surface area contributed by atoms with Crippen molar-refractivity contribution in [1.82, 2.24) is 8.61 Å². The number of nitrogens with zero attached hydrogens (tertiary/aromatic N) is 2. The van der Waals surface area contributed by atoms with E-state index in [1.54, 1.807) is 0 Å². The first-order valence-electron chi connectivity index (χ1n) is 13.1. The Balaban J connectivity index is 2.88. The van der Waals surface area contributed by atoms with E-state index in [1.165, 1.54) is 6.07 Å². The van der Waals surface area contributed by atoms with Gasteiger partial charge in [0.05, 0.1) is 23.7 Å². The summed E-state index contributed by atoms with van der Waals surface area (Å²) in [6.07, 6.45) is -7.26. The van der Waals surface area contributed by atoms with Crippen molar-refractivity contribution < 1.29 is 97.0 Å². The third-order valence-corrected chi connectivity index (χ3v) is 11.2. The van der Waals surface area contributed by atoms with Gasteiger partial charge in [-0.15, -0.1) is 18.5 Å². The highest BCUT2D eigenvalue weighted by Gasteiger charge is 2.86. The molecule has 298 valence electrons. The Labute approximate surface area is 284 Å². The maximum Gasteiger partial charge on any atom is 0.460 e. The van der Waals surface area contributed by atoms with E-state index < -0.39 is 118 Å². The second kappa shape index (κ2) is 15.2. The van der Waals surface area contributed by atoms with Gasteiger partial charge in [0.2, 0.25) is 0 Å². The van der Waals surface area contributed by atoms with E-state index in [4.69, 9.17) is 4.74 Å². The average Bonchev–Trinajstić information content (AvgIpc) is 2.97. The van der Waals surface area contributed by atoms with Gasteiger partial charge in [0.25, 0.3) is 20.0 Å². The molecule has 1 aromatic carbocycles. The summed E-state index contributed by atoms with van der Waals surface area (Å²) in [7, 11) is -10.6. The number of alkyl halides is 15. The maximum atomic E-state index is 14.4. The first kappa shape index (κ1) is 47.3. The molecule has 1 rings (SSSR count). The molecule has 0 bridgehead atoms. The summed E-state index contributed by atoms with van der Waals surface area (Å²) in [6.45, 7) is -4.88. The van der Waals surface area contributed by atoms with Crippen LogP contribution >= 0.6 is 18.5 Å². The number of esters is 1. The summed E-state index contributed by atoms with van der Waals surface area (Å²) >= 11 is 0. The highest BCUT2D eigenvalue weighted by atomic mass is 32.2. The summed E-state index contributed by atoms with van der Waals surface area (Å²) in [5.41, 5.74) is -0.417. The monoisotopic (exact) mass is 854 g/mol. The topological polar surface area (TPSA) is 110 Å². The first-order valence-corrected chi connectivity index (χ1v) is 17.1. The van der Waals surface area contributed by atoms with Crippen molar-refractivity contribution in [2.45, 2.75) is 58.8 Å². The van der Waals surface area contributed by atoms with Crippen LogP contribution < -0.4 is 0 Å². The van der Waals surface area contributed by atoms with Crippen LogP contribution in [0.4, 0.5) is 65.9 Å². The standard InChI is InChI=1S/C23H27F15N2O7P2S2/c1-16(48,49)17(24,25)19(28,29)22(35,36)50(42,43)40(3)8-10-47-15(41)14-6-4-5-13(11-14)12-46-9-7-39(2)51(44,45)23(37,38)20(30,31)18(26,27)21(32,33)34/h4-6,11H,7-10,12,48-49H2,1-3H3. The Kier molecular flexibility index (Phi) is 14.1. The van der Waals surface area contributed by atoms with Gasteiger partial charge in [-0.3, -0.25) is 0 Å². The minimum Gasteiger partial charge on any atom is -0.461 e. The molecular weight excluding hydrogens is 827 g/mol. The second-order valence-corrected chi connectivity index (χ2v) is 17.9. The molecular formula is C23H27F15N2O7P2S2. The molecule has 0 amide bonds. The Morgan fingerprint density at radius 2 is 1.10 bits per heavy atom. The lowest BCUT2D eigenvalue weighted by atomic mass is 10.1. The highest BCUT2D eigenvalue weighted by molar-refractivity contribution is 7.90. The Hall–Kier alpha value is -1.72. The molecule has 0 saturated heterocycles. The summed E-state index contributed by atoms with van der Waals surface area (Å²) < 4.78 is 260. The van der Waals surface area contributed by atoms with E-state index in [2.05, 4.69) is 4.74 Å². The number of rotatable bonds is 18. The highest BCUT2D eigenvalue weighted by Crippen LogP contribution is 2.58. The van der Waals surface area contributed by atoms with Crippen molar-refractivity contribution in [2.75, 3.05) is 40.4 Å². The van der Waals surface area contributed by atoms with Gasteiger partial charge in [0.15, 0.2) is 0 Å². The maximum absolute atomic E-state index is 14.4. The van der Waals surface area contributed by atoms with Gasteiger partial charge in [0, 0.05) is 27.2 Å². The number of hydrogen-bond donors (Lipinski definition) is 0. The van der Waals surface area contributed by atoms with Crippen LogP contribution in [0.25, 0.3) is 0 Å². The molecule has 0 spiro atoms. The number of likely N-dealkylation sites (N-methyl/N-ethyl adjacent to an activating group) is 2. The van der Waals surface area contributed by atoms with Crippen LogP contribution in [0, 0.1) is 0 Å². The van der Waals surface area contributed by atoms with Crippen LogP contribution in [0.3, 0.4) is 0 Å². The zero-order valence-corrected chi connectivity index (χ0v) is 29.7. The van der Waals surface area contributed by atoms with Crippen LogP contribution in [-0.2, 0) is 36.1 Å². The fourth-order valence-corrected chi connectivity index (χ4v) is 6.04. The molecule has 1 aromatic rings. The fourth-order valence-electron chi connectivity index (χ4n) is 3.36. The van der Waals surface area contributed by atoms with Crippen molar-refractivity contribution in [3.8, 4) is 0 Å². The Morgan fingerprint density at radius 3 is 1.51 bits per heavy atom. The third-order valence-electron chi connectivity index (χ3n) is 6.64. The molecule has 51 heavy (non-hydrogen) atoms. The van der Waals surface area contributed by atoms with Crippen molar-refractivity contribution in [1.29, 1.82) is 0 Å². The minimum atomic E-state index is -7.47. The molecule has 0 saturated carbocycles. The van der Waals surface area contributed by atoms with Gasteiger partial charge in [0.1, 0.15) is 6.61 Å². The molecule has 0 radical (unpaired) electrons. The zero-order valence-electron chi connectivity index (χ0n) is 25.7.